The van der Waals surface area contributed by atoms with Gasteiger partial charge in [0.1, 0.15) is 18.3 Å². The third kappa shape index (κ3) is 3.74. The minimum Gasteiger partial charge on any atom is -0.463 e. The van der Waals surface area contributed by atoms with E-state index >= 15 is 0 Å². The van der Waals surface area contributed by atoms with Crippen molar-refractivity contribution in [2.45, 2.75) is 88.6 Å². The normalized spacial score (nSPS) is 44.2. The number of cyclic esters (lactones) is 1. The molecule has 7 heteroatoms. The highest BCUT2D eigenvalue weighted by Gasteiger charge is 2.73. The number of carbonyl (C=O) groups is 2. The molecule has 2 aliphatic heterocycles. The summed E-state index contributed by atoms with van der Waals surface area (Å²) in [5.74, 6) is -0.795. The molecular weight excluding hydrogens is 460 g/mol. The van der Waals surface area contributed by atoms with E-state index in [-0.39, 0.29) is 30.3 Å². The minimum atomic E-state index is -1.38. The maximum absolute atomic E-state index is 13.1. The van der Waals surface area contributed by atoms with Gasteiger partial charge < -0.3 is 24.4 Å². The summed E-state index contributed by atoms with van der Waals surface area (Å²) >= 11 is 0. The van der Waals surface area contributed by atoms with Crippen molar-refractivity contribution in [3.05, 3.63) is 42.0 Å². The second-order valence-electron chi connectivity index (χ2n) is 12.1. The molecule has 0 bridgehead atoms. The molecule has 36 heavy (non-hydrogen) atoms. The van der Waals surface area contributed by atoms with Crippen LogP contribution in [0.3, 0.4) is 0 Å². The van der Waals surface area contributed by atoms with E-state index in [2.05, 4.69) is 13.8 Å². The van der Waals surface area contributed by atoms with E-state index < -0.39 is 40.9 Å². The third-order valence-electron chi connectivity index (χ3n) is 10.3. The van der Waals surface area contributed by atoms with Gasteiger partial charge >= 0.3 is 11.9 Å². The molecular formula is C29H38O7. The van der Waals surface area contributed by atoms with E-state index in [9.17, 15) is 19.8 Å². The number of benzene rings is 1. The number of esters is 2. The highest BCUT2D eigenvalue weighted by Crippen LogP contribution is 2.69. The van der Waals surface area contributed by atoms with Crippen molar-refractivity contribution in [1.82, 2.24) is 0 Å². The molecule has 2 N–H and O–H groups in total. The second kappa shape index (κ2) is 8.67. The molecule has 196 valence electrons. The number of aliphatic hydroxyl groups excluding tert-OH is 1. The van der Waals surface area contributed by atoms with Crippen molar-refractivity contribution < 1.29 is 34.0 Å². The van der Waals surface area contributed by atoms with Gasteiger partial charge in [0, 0.05) is 23.3 Å². The van der Waals surface area contributed by atoms with Gasteiger partial charge in [-0.2, -0.15) is 0 Å². The lowest BCUT2D eigenvalue weighted by Gasteiger charge is -2.70. The van der Waals surface area contributed by atoms with Gasteiger partial charge in [-0.1, -0.05) is 50.6 Å². The number of hydrogen-bond donors (Lipinski definition) is 2. The van der Waals surface area contributed by atoms with E-state index in [4.69, 9.17) is 14.2 Å². The smallest absolute Gasteiger partial charge is 0.331 e. The highest BCUT2D eigenvalue weighted by atomic mass is 16.6. The fourth-order valence-corrected chi connectivity index (χ4v) is 7.90. The fourth-order valence-electron chi connectivity index (χ4n) is 7.90. The Kier molecular flexibility index (Phi) is 6.13. The molecule has 1 spiro atoms. The van der Waals surface area contributed by atoms with Crippen molar-refractivity contribution in [3.63, 3.8) is 0 Å². The predicted octanol–water partition coefficient (Wildman–Crippen LogP) is 3.81. The number of aliphatic hydroxyl groups is 2. The molecule has 5 rings (SSSR count). The summed E-state index contributed by atoms with van der Waals surface area (Å²) < 4.78 is 18.3. The summed E-state index contributed by atoms with van der Waals surface area (Å²) in [5, 5.41) is 22.2. The average molecular weight is 499 g/mol. The summed E-state index contributed by atoms with van der Waals surface area (Å²) in [6, 6.07) is 9.52. The van der Waals surface area contributed by atoms with Crippen molar-refractivity contribution >= 4 is 18.0 Å². The molecule has 1 aromatic carbocycles. The van der Waals surface area contributed by atoms with Gasteiger partial charge in [-0.25, -0.2) is 4.79 Å². The number of rotatable bonds is 4. The van der Waals surface area contributed by atoms with Crippen LogP contribution >= 0.6 is 0 Å². The Morgan fingerprint density at radius 2 is 1.92 bits per heavy atom. The van der Waals surface area contributed by atoms with Crippen LogP contribution in [0.1, 0.15) is 71.3 Å². The number of ether oxygens (including phenoxy) is 3. The molecule has 2 aliphatic carbocycles. The summed E-state index contributed by atoms with van der Waals surface area (Å²) in [7, 11) is 0. The van der Waals surface area contributed by atoms with Gasteiger partial charge in [0.25, 0.3) is 0 Å². The van der Waals surface area contributed by atoms with Gasteiger partial charge in [-0.3, -0.25) is 4.79 Å². The second-order valence-corrected chi connectivity index (χ2v) is 12.1. The lowest BCUT2D eigenvalue weighted by Crippen LogP contribution is -2.75. The Morgan fingerprint density at radius 1 is 1.17 bits per heavy atom. The summed E-state index contributed by atoms with van der Waals surface area (Å²) in [6.45, 7) is 6.09. The third-order valence-corrected chi connectivity index (χ3v) is 10.3. The van der Waals surface area contributed by atoms with Crippen molar-refractivity contribution in [3.8, 4) is 0 Å². The van der Waals surface area contributed by atoms with Crippen LogP contribution in [0.5, 0.6) is 0 Å². The average Bonchev–Trinajstić information content (AvgIpc) is 3.21. The highest BCUT2D eigenvalue weighted by molar-refractivity contribution is 5.87. The molecule has 2 heterocycles. The standard InChI is InChI=1S/C29H38O7/c1-25-14-15-28(17-24(32)34-19-28)36-26(25,2)16-22(27(3)21(25)10-7-13-29(27,33)18-30)35-23(31)12-11-20-8-5-4-6-9-20/h4-6,8-9,11-12,21-22,30,33H,7,10,13-19H2,1-3H3. The van der Waals surface area contributed by atoms with Crippen molar-refractivity contribution in [2.75, 3.05) is 13.2 Å². The van der Waals surface area contributed by atoms with Gasteiger partial charge in [0.05, 0.1) is 24.2 Å². The number of carbonyl (C=O) groups excluding carboxylic acids is 2. The summed E-state index contributed by atoms with van der Waals surface area (Å²) in [4.78, 5) is 25.1. The molecule has 2 saturated carbocycles. The van der Waals surface area contributed by atoms with Gasteiger partial charge in [-0.05, 0) is 50.2 Å². The molecule has 0 aromatic heterocycles. The molecule has 2 saturated heterocycles. The van der Waals surface area contributed by atoms with Gasteiger partial charge in [0.15, 0.2) is 0 Å². The Balaban J connectivity index is 1.50. The first-order valence-corrected chi connectivity index (χ1v) is 13.1. The largest absolute Gasteiger partial charge is 0.463 e. The first-order valence-electron chi connectivity index (χ1n) is 13.1. The number of fused-ring (bicyclic) bond motifs is 3. The van der Waals surface area contributed by atoms with Crippen LogP contribution in [0.25, 0.3) is 6.08 Å². The van der Waals surface area contributed by atoms with E-state index in [1.807, 2.05) is 37.3 Å². The maximum atomic E-state index is 13.1. The van der Waals surface area contributed by atoms with Crippen LogP contribution in [0.15, 0.2) is 36.4 Å². The monoisotopic (exact) mass is 498 g/mol. The van der Waals surface area contributed by atoms with Crippen LogP contribution in [0, 0.1) is 16.7 Å². The first-order chi connectivity index (χ1) is 17.0. The topological polar surface area (TPSA) is 102 Å². The molecule has 1 aromatic rings. The van der Waals surface area contributed by atoms with Crippen molar-refractivity contribution in [2.24, 2.45) is 16.7 Å². The fraction of sp³-hybridized carbons (Fsp3) is 0.655. The molecule has 7 atom stereocenters. The predicted molar refractivity (Wildman–Crippen MR) is 133 cm³/mol. The summed E-state index contributed by atoms with van der Waals surface area (Å²) in [6.07, 6.45) is 6.58. The lowest BCUT2D eigenvalue weighted by molar-refractivity contribution is -0.337. The quantitative estimate of drug-likeness (QED) is 0.481. The van der Waals surface area contributed by atoms with Crippen LogP contribution in [-0.4, -0.2) is 58.3 Å². The molecule has 7 unspecified atom stereocenters. The zero-order valence-corrected chi connectivity index (χ0v) is 21.5. The van der Waals surface area contributed by atoms with Crippen LogP contribution in [0.2, 0.25) is 0 Å². The van der Waals surface area contributed by atoms with E-state index in [0.717, 1.165) is 24.8 Å². The van der Waals surface area contributed by atoms with Crippen molar-refractivity contribution in [1.29, 1.82) is 0 Å². The Morgan fingerprint density at radius 3 is 2.58 bits per heavy atom. The molecule has 4 fully saturated rings. The van der Waals surface area contributed by atoms with E-state index in [1.54, 1.807) is 6.08 Å². The van der Waals surface area contributed by atoms with Gasteiger partial charge in [0.2, 0.25) is 0 Å². The molecule has 4 aliphatic rings. The Bertz CT molecular complexity index is 1050. The SMILES string of the molecule is CC12CC(OC(=O)C=Cc3ccccc3)C3(C)C(CCCC3(O)CO)C1(C)CCC1(COC(=O)C1)O2. The van der Waals surface area contributed by atoms with Crippen LogP contribution in [-0.2, 0) is 23.8 Å². The number of hydrogen-bond acceptors (Lipinski definition) is 7. The molecule has 0 radical (unpaired) electrons. The zero-order chi connectivity index (χ0) is 25.8. The Hall–Kier alpha value is -2.22. The van der Waals surface area contributed by atoms with Gasteiger partial charge in [-0.15, -0.1) is 0 Å². The molecule has 7 nitrogen and oxygen atoms in total. The Labute approximate surface area is 212 Å². The van der Waals surface area contributed by atoms with E-state index in [1.165, 1.54) is 6.08 Å². The van der Waals surface area contributed by atoms with Crippen LogP contribution in [0.4, 0.5) is 0 Å². The lowest BCUT2D eigenvalue weighted by atomic mass is 9.40. The summed E-state index contributed by atoms with van der Waals surface area (Å²) in [5.41, 5.74) is -3.07. The minimum absolute atomic E-state index is 0.0547. The van der Waals surface area contributed by atoms with Crippen LogP contribution < -0.4 is 0 Å². The van der Waals surface area contributed by atoms with E-state index in [0.29, 0.717) is 19.3 Å². The maximum Gasteiger partial charge on any atom is 0.331 e. The first kappa shape index (κ1) is 25.4. The molecule has 0 amide bonds. The zero-order valence-electron chi connectivity index (χ0n) is 21.5.